The number of piperazine rings is 1. The third kappa shape index (κ3) is 2.52. The molecule has 6 nitrogen and oxygen atoms in total. The van der Waals surface area contributed by atoms with E-state index >= 15 is 0 Å². The number of rotatable bonds is 2. The van der Waals surface area contributed by atoms with E-state index in [4.69, 9.17) is 5.73 Å². The second-order valence-corrected chi connectivity index (χ2v) is 4.62. The Hall–Kier alpha value is -2.31. The lowest BCUT2D eigenvalue weighted by molar-refractivity contribution is -0.129. The molecule has 0 unspecified atom stereocenters. The van der Waals surface area contributed by atoms with Crippen LogP contribution in [0.2, 0.25) is 0 Å². The van der Waals surface area contributed by atoms with Gasteiger partial charge < -0.3 is 20.3 Å². The normalized spacial score (nSPS) is 15.4. The predicted octanol–water partition coefficient (Wildman–Crippen LogP) is 0.473. The molecule has 1 aliphatic rings. The first-order chi connectivity index (χ1) is 9.43. The highest BCUT2D eigenvalue weighted by Gasteiger charge is 2.25. The maximum Gasteiger partial charge on any atom is 0.340 e. The molecule has 0 aliphatic carbocycles. The van der Waals surface area contributed by atoms with Crippen LogP contribution in [0.5, 0.6) is 0 Å². The number of esters is 1. The summed E-state index contributed by atoms with van der Waals surface area (Å²) in [4.78, 5) is 26.4. The number of hydrogen-bond acceptors (Lipinski definition) is 5. The summed E-state index contributed by atoms with van der Waals surface area (Å²) in [6.07, 6.45) is 0. The number of hydrogen-bond donors (Lipinski definition) is 1. The molecule has 0 aromatic heterocycles. The number of benzene rings is 1. The van der Waals surface area contributed by atoms with Crippen LogP contribution in [0, 0.1) is 5.82 Å². The van der Waals surface area contributed by atoms with Gasteiger partial charge in [-0.25, -0.2) is 9.18 Å². The van der Waals surface area contributed by atoms with Crippen molar-refractivity contribution in [3.63, 3.8) is 0 Å². The number of carbonyl (C=O) groups is 2. The van der Waals surface area contributed by atoms with Gasteiger partial charge in [-0.05, 0) is 12.1 Å². The highest BCUT2D eigenvalue weighted by Crippen LogP contribution is 2.27. The van der Waals surface area contributed by atoms with Crippen LogP contribution in [0.25, 0.3) is 0 Å². The number of amides is 1. The van der Waals surface area contributed by atoms with E-state index in [0.717, 1.165) is 6.07 Å². The van der Waals surface area contributed by atoms with Crippen LogP contribution in [0.3, 0.4) is 0 Å². The molecule has 1 aromatic rings. The van der Waals surface area contributed by atoms with Gasteiger partial charge in [-0.1, -0.05) is 0 Å². The minimum absolute atomic E-state index is 0.0126. The highest BCUT2D eigenvalue weighted by molar-refractivity contribution is 5.96. The zero-order valence-electron chi connectivity index (χ0n) is 11.4. The van der Waals surface area contributed by atoms with Gasteiger partial charge in [-0.2, -0.15) is 0 Å². The Morgan fingerprint density at radius 1 is 1.40 bits per heavy atom. The number of methoxy groups -OCH3 is 1. The molecule has 0 atom stereocenters. The number of anilines is 2. The van der Waals surface area contributed by atoms with Crippen LogP contribution in [0.15, 0.2) is 12.1 Å². The average molecular weight is 281 g/mol. The molecule has 108 valence electrons. The molecule has 7 heteroatoms. The van der Waals surface area contributed by atoms with Gasteiger partial charge in [0, 0.05) is 25.8 Å². The quantitative estimate of drug-likeness (QED) is 0.630. The second-order valence-electron chi connectivity index (χ2n) is 4.62. The maximum atomic E-state index is 14.0. The molecule has 0 saturated carbocycles. The third-order valence-corrected chi connectivity index (χ3v) is 3.32. The van der Waals surface area contributed by atoms with Crippen LogP contribution >= 0.6 is 0 Å². The Bertz CT molecular complexity index is 562. The van der Waals surface area contributed by atoms with E-state index in [9.17, 15) is 14.0 Å². The first-order valence-corrected chi connectivity index (χ1v) is 6.10. The van der Waals surface area contributed by atoms with Gasteiger partial charge in [0.2, 0.25) is 5.91 Å². The molecule has 2 rings (SSSR count). The van der Waals surface area contributed by atoms with Crippen LogP contribution in [0.4, 0.5) is 15.8 Å². The van der Waals surface area contributed by atoms with Gasteiger partial charge in [0.1, 0.15) is 5.82 Å². The predicted molar refractivity (Wildman–Crippen MR) is 72.0 cm³/mol. The van der Waals surface area contributed by atoms with Crippen molar-refractivity contribution in [3.8, 4) is 0 Å². The number of ether oxygens (including phenoxy) is 1. The minimum atomic E-state index is -0.635. The summed E-state index contributed by atoms with van der Waals surface area (Å²) in [6, 6.07) is 2.40. The van der Waals surface area contributed by atoms with E-state index in [2.05, 4.69) is 4.74 Å². The van der Waals surface area contributed by atoms with Gasteiger partial charge in [0.05, 0.1) is 24.9 Å². The number of nitrogen functional groups attached to an aromatic ring is 1. The van der Waals surface area contributed by atoms with Gasteiger partial charge in [0.25, 0.3) is 0 Å². The lowest BCUT2D eigenvalue weighted by atomic mass is 10.1. The monoisotopic (exact) mass is 281 g/mol. The minimum Gasteiger partial charge on any atom is -0.465 e. The van der Waals surface area contributed by atoms with E-state index in [1.54, 1.807) is 16.8 Å². The first-order valence-electron chi connectivity index (χ1n) is 6.10. The van der Waals surface area contributed by atoms with Crippen LogP contribution in [0.1, 0.15) is 10.4 Å². The Kier molecular flexibility index (Phi) is 3.78. The molecule has 1 heterocycles. The lowest BCUT2D eigenvalue weighted by Gasteiger charge is -2.33. The fourth-order valence-electron chi connectivity index (χ4n) is 2.07. The summed E-state index contributed by atoms with van der Waals surface area (Å²) in [6.45, 7) is 1.05. The van der Waals surface area contributed by atoms with Gasteiger partial charge in [-0.3, -0.25) is 4.79 Å². The summed E-state index contributed by atoms with van der Waals surface area (Å²) in [5.41, 5.74) is 5.90. The van der Waals surface area contributed by atoms with E-state index in [1.165, 1.54) is 13.2 Å². The molecule has 1 aromatic carbocycles. The zero-order valence-corrected chi connectivity index (χ0v) is 11.4. The summed E-state index contributed by atoms with van der Waals surface area (Å²) >= 11 is 0. The molecule has 0 spiro atoms. The molecular formula is C13H16FN3O3. The van der Waals surface area contributed by atoms with Crippen LogP contribution in [-0.2, 0) is 9.53 Å². The molecule has 1 saturated heterocycles. The molecular weight excluding hydrogens is 265 g/mol. The smallest absolute Gasteiger partial charge is 0.340 e. The third-order valence-electron chi connectivity index (χ3n) is 3.32. The lowest BCUT2D eigenvalue weighted by Crippen LogP contribution is -2.48. The molecule has 2 N–H and O–H groups in total. The Labute approximate surface area is 115 Å². The summed E-state index contributed by atoms with van der Waals surface area (Å²) < 4.78 is 18.6. The molecule has 1 amide bonds. The zero-order chi connectivity index (χ0) is 14.9. The second kappa shape index (κ2) is 5.36. The van der Waals surface area contributed by atoms with Crippen LogP contribution in [-0.4, -0.2) is 50.6 Å². The van der Waals surface area contributed by atoms with Crippen molar-refractivity contribution < 1.29 is 18.7 Å². The largest absolute Gasteiger partial charge is 0.465 e. The Morgan fingerprint density at radius 2 is 2.10 bits per heavy atom. The summed E-state index contributed by atoms with van der Waals surface area (Å²) in [5, 5.41) is 0. The summed E-state index contributed by atoms with van der Waals surface area (Å²) in [7, 11) is 2.92. The van der Waals surface area contributed by atoms with Crippen molar-refractivity contribution in [3.05, 3.63) is 23.5 Å². The van der Waals surface area contributed by atoms with Crippen LogP contribution < -0.4 is 10.6 Å². The number of likely N-dealkylation sites (N-methyl/N-ethyl adjacent to an activating group) is 1. The van der Waals surface area contributed by atoms with Gasteiger partial charge >= 0.3 is 5.97 Å². The van der Waals surface area contributed by atoms with Crippen molar-refractivity contribution in [2.75, 3.05) is 44.4 Å². The standard InChI is InChI=1S/C13H16FN3O3/c1-16-3-4-17(7-12(16)18)11-5-8(13(19)20-2)10(15)6-9(11)14/h5-6H,3-4,7,15H2,1-2H3. The van der Waals surface area contributed by atoms with Gasteiger partial charge in [0.15, 0.2) is 0 Å². The SMILES string of the molecule is COC(=O)c1cc(N2CCN(C)C(=O)C2)c(F)cc1N. The topological polar surface area (TPSA) is 75.9 Å². The fraction of sp³-hybridized carbons (Fsp3) is 0.385. The molecule has 0 radical (unpaired) electrons. The van der Waals surface area contributed by atoms with E-state index < -0.39 is 11.8 Å². The van der Waals surface area contributed by atoms with Crippen molar-refractivity contribution >= 4 is 23.3 Å². The van der Waals surface area contributed by atoms with Crippen molar-refractivity contribution in [2.45, 2.75) is 0 Å². The van der Waals surface area contributed by atoms with Crippen molar-refractivity contribution in [1.29, 1.82) is 0 Å². The Morgan fingerprint density at radius 3 is 2.70 bits per heavy atom. The molecule has 1 aliphatic heterocycles. The molecule has 20 heavy (non-hydrogen) atoms. The van der Waals surface area contributed by atoms with Crippen molar-refractivity contribution in [2.24, 2.45) is 0 Å². The number of halogens is 1. The molecule has 0 bridgehead atoms. The van der Waals surface area contributed by atoms with Crippen molar-refractivity contribution in [1.82, 2.24) is 4.90 Å². The van der Waals surface area contributed by atoms with E-state index in [1.807, 2.05) is 0 Å². The highest BCUT2D eigenvalue weighted by atomic mass is 19.1. The van der Waals surface area contributed by atoms with E-state index in [-0.39, 0.29) is 29.4 Å². The van der Waals surface area contributed by atoms with Gasteiger partial charge in [-0.15, -0.1) is 0 Å². The maximum absolute atomic E-state index is 14.0. The first kappa shape index (κ1) is 14.1. The molecule has 1 fully saturated rings. The Balaban J connectivity index is 2.36. The summed E-state index contributed by atoms with van der Waals surface area (Å²) in [5.74, 6) is -1.30. The number of nitrogens with two attached hydrogens (primary N) is 1. The number of carbonyl (C=O) groups excluding carboxylic acids is 2. The van der Waals surface area contributed by atoms with E-state index in [0.29, 0.717) is 13.1 Å². The average Bonchev–Trinajstić information content (AvgIpc) is 2.41. The number of nitrogens with zero attached hydrogens (tertiary/aromatic N) is 2. The fourth-order valence-corrected chi connectivity index (χ4v) is 2.07.